The Balaban J connectivity index is 1.51. The summed E-state index contributed by atoms with van der Waals surface area (Å²) in [6.07, 6.45) is 2.54. The lowest BCUT2D eigenvalue weighted by molar-refractivity contribution is -0.0862. The van der Waals surface area contributed by atoms with E-state index in [9.17, 15) is 0 Å². The van der Waals surface area contributed by atoms with Crippen molar-refractivity contribution in [1.82, 2.24) is 5.32 Å². The summed E-state index contributed by atoms with van der Waals surface area (Å²) in [6, 6.07) is 10.6. The fourth-order valence-corrected chi connectivity index (χ4v) is 1.98. The van der Waals surface area contributed by atoms with Gasteiger partial charge in [-0.05, 0) is 24.9 Å². The topological polar surface area (TPSA) is 30.5 Å². The Morgan fingerprint density at radius 2 is 2.06 bits per heavy atom. The van der Waals surface area contributed by atoms with Crippen LogP contribution in [0.2, 0.25) is 0 Å². The summed E-state index contributed by atoms with van der Waals surface area (Å²) in [7, 11) is 0. The normalized spacial score (nSPS) is 20.4. The van der Waals surface area contributed by atoms with Gasteiger partial charge in [0.15, 0.2) is 0 Å². The molecule has 0 spiro atoms. The highest BCUT2D eigenvalue weighted by Gasteiger charge is 2.12. The van der Waals surface area contributed by atoms with E-state index in [0.717, 1.165) is 45.8 Å². The van der Waals surface area contributed by atoms with Gasteiger partial charge in [-0.1, -0.05) is 30.3 Å². The molecule has 1 heterocycles. The SMILES string of the molecule is c1ccc(CCCNCC2COCCO2)cc1. The Kier molecular flexibility index (Phi) is 5.49. The van der Waals surface area contributed by atoms with E-state index >= 15 is 0 Å². The Morgan fingerprint density at radius 3 is 2.82 bits per heavy atom. The van der Waals surface area contributed by atoms with Crippen molar-refractivity contribution < 1.29 is 9.47 Å². The molecule has 0 aromatic heterocycles. The summed E-state index contributed by atoms with van der Waals surface area (Å²) in [6.45, 7) is 4.14. The lowest BCUT2D eigenvalue weighted by Crippen LogP contribution is -2.37. The van der Waals surface area contributed by atoms with Gasteiger partial charge in [-0.15, -0.1) is 0 Å². The van der Waals surface area contributed by atoms with E-state index in [1.807, 2.05) is 0 Å². The molecule has 0 saturated carbocycles. The lowest BCUT2D eigenvalue weighted by atomic mass is 10.1. The Bertz CT molecular complexity index is 296. The summed E-state index contributed by atoms with van der Waals surface area (Å²) in [4.78, 5) is 0. The lowest BCUT2D eigenvalue weighted by Gasteiger charge is -2.23. The molecule has 1 aromatic rings. The van der Waals surface area contributed by atoms with E-state index in [2.05, 4.69) is 35.6 Å². The van der Waals surface area contributed by atoms with Crippen LogP contribution in [0.25, 0.3) is 0 Å². The van der Waals surface area contributed by atoms with Gasteiger partial charge in [0, 0.05) is 6.54 Å². The van der Waals surface area contributed by atoms with E-state index in [4.69, 9.17) is 9.47 Å². The van der Waals surface area contributed by atoms with Crippen LogP contribution >= 0.6 is 0 Å². The van der Waals surface area contributed by atoms with E-state index in [1.54, 1.807) is 0 Å². The molecule has 1 aliphatic heterocycles. The molecular formula is C14H21NO2. The number of hydrogen-bond donors (Lipinski definition) is 1. The maximum Gasteiger partial charge on any atom is 0.0933 e. The molecule has 0 aliphatic carbocycles. The second-order valence-corrected chi connectivity index (χ2v) is 4.36. The van der Waals surface area contributed by atoms with Gasteiger partial charge in [0.2, 0.25) is 0 Å². The average molecular weight is 235 g/mol. The average Bonchev–Trinajstić information content (AvgIpc) is 2.41. The maximum absolute atomic E-state index is 5.56. The quantitative estimate of drug-likeness (QED) is 0.760. The van der Waals surface area contributed by atoms with Gasteiger partial charge in [-0.2, -0.15) is 0 Å². The highest BCUT2D eigenvalue weighted by atomic mass is 16.6. The minimum atomic E-state index is 0.237. The van der Waals surface area contributed by atoms with Crippen molar-refractivity contribution in [3.63, 3.8) is 0 Å². The van der Waals surface area contributed by atoms with Crippen molar-refractivity contribution in [2.24, 2.45) is 0 Å². The predicted molar refractivity (Wildman–Crippen MR) is 68.2 cm³/mol. The van der Waals surface area contributed by atoms with Crippen LogP contribution in [0.5, 0.6) is 0 Å². The Morgan fingerprint density at radius 1 is 1.18 bits per heavy atom. The van der Waals surface area contributed by atoms with E-state index in [0.29, 0.717) is 0 Å². The third-order valence-corrected chi connectivity index (χ3v) is 2.92. The minimum Gasteiger partial charge on any atom is -0.376 e. The van der Waals surface area contributed by atoms with Gasteiger partial charge in [0.05, 0.1) is 25.9 Å². The summed E-state index contributed by atoms with van der Waals surface area (Å²) in [5.41, 5.74) is 1.41. The molecule has 0 bridgehead atoms. The van der Waals surface area contributed by atoms with Crippen molar-refractivity contribution >= 4 is 0 Å². The molecule has 2 rings (SSSR count). The largest absolute Gasteiger partial charge is 0.376 e. The van der Waals surface area contributed by atoms with E-state index in [-0.39, 0.29) is 6.10 Å². The smallest absolute Gasteiger partial charge is 0.0933 e. The first-order valence-corrected chi connectivity index (χ1v) is 6.39. The van der Waals surface area contributed by atoms with Crippen LogP contribution in [0.4, 0.5) is 0 Å². The molecular weight excluding hydrogens is 214 g/mol. The highest BCUT2D eigenvalue weighted by molar-refractivity contribution is 5.14. The molecule has 17 heavy (non-hydrogen) atoms. The number of ether oxygens (including phenoxy) is 2. The zero-order valence-corrected chi connectivity index (χ0v) is 10.2. The van der Waals surface area contributed by atoms with Crippen molar-refractivity contribution in [1.29, 1.82) is 0 Å². The molecule has 1 aromatic carbocycles. The molecule has 1 N–H and O–H groups in total. The van der Waals surface area contributed by atoms with Gasteiger partial charge < -0.3 is 14.8 Å². The fraction of sp³-hybridized carbons (Fsp3) is 0.571. The molecule has 1 unspecified atom stereocenters. The molecule has 3 heteroatoms. The van der Waals surface area contributed by atoms with Crippen molar-refractivity contribution in [2.75, 3.05) is 32.9 Å². The van der Waals surface area contributed by atoms with Crippen LogP contribution in [0.15, 0.2) is 30.3 Å². The second kappa shape index (κ2) is 7.43. The van der Waals surface area contributed by atoms with Gasteiger partial charge in [-0.3, -0.25) is 0 Å². The highest BCUT2D eigenvalue weighted by Crippen LogP contribution is 2.02. The molecule has 1 atom stereocenters. The molecule has 1 saturated heterocycles. The van der Waals surface area contributed by atoms with Crippen LogP contribution in [0.3, 0.4) is 0 Å². The Labute approximate surface area is 103 Å². The predicted octanol–water partition coefficient (Wildman–Crippen LogP) is 1.62. The van der Waals surface area contributed by atoms with E-state index in [1.165, 1.54) is 5.56 Å². The zero-order chi connectivity index (χ0) is 11.8. The maximum atomic E-state index is 5.56. The van der Waals surface area contributed by atoms with Crippen molar-refractivity contribution in [3.05, 3.63) is 35.9 Å². The number of hydrogen-bond acceptors (Lipinski definition) is 3. The molecule has 0 radical (unpaired) electrons. The third-order valence-electron chi connectivity index (χ3n) is 2.92. The van der Waals surface area contributed by atoms with Crippen LogP contribution in [0, 0.1) is 0 Å². The van der Waals surface area contributed by atoms with Crippen LogP contribution < -0.4 is 5.32 Å². The second-order valence-electron chi connectivity index (χ2n) is 4.36. The number of rotatable bonds is 6. The van der Waals surface area contributed by atoms with Crippen LogP contribution in [-0.4, -0.2) is 39.0 Å². The monoisotopic (exact) mass is 235 g/mol. The van der Waals surface area contributed by atoms with Gasteiger partial charge in [0.25, 0.3) is 0 Å². The van der Waals surface area contributed by atoms with Gasteiger partial charge in [-0.25, -0.2) is 0 Å². The first-order chi connectivity index (χ1) is 8.45. The van der Waals surface area contributed by atoms with E-state index < -0.39 is 0 Å². The van der Waals surface area contributed by atoms with Gasteiger partial charge in [0.1, 0.15) is 0 Å². The molecule has 94 valence electrons. The van der Waals surface area contributed by atoms with Gasteiger partial charge >= 0.3 is 0 Å². The fourth-order valence-electron chi connectivity index (χ4n) is 1.98. The van der Waals surface area contributed by atoms with Crippen LogP contribution in [-0.2, 0) is 15.9 Å². The molecule has 1 fully saturated rings. The summed E-state index contributed by atoms with van der Waals surface area (Å²) in [5, 5.41) is 3.42. The summed E-state index contributed by atoms with van der Waals surface area (Å²) in [5.74, 6) is 0. The minimum absolute atomic E-state index is 0.237. The molecule has 0 amide bonds. The number of benzene rings is 1. The number of nitrogens with one attached hydrogen (secondary N) is 1. The summed E-state index contributed by atoms with van der Waals surface area (Å²) >= 11 is 0. The zero-order valence-electron chi connectivity index (χ0n) is 10.2. The molecule has 3 nitrogen and oxygen atoms in total. The van der Waals surface area contributed by atoms with Crippen molar-refractivity contribution in [2.45, 2.75) is 18.9 Å². The van der Waals surface area contributed by atoms with Crippen molar-refractivity contribution in [3.8, 4) is 0 Å². The molecule has 1 aliphatic rings. The first-order valence-electron chi connectivity index (χ1n) is 6.39. The van der Waals surface area contributed by atoms with Crippen LogP contribution in [0.1, 0.15) is 12.0 Å². The number of aryl methyl sites for hydroxylation is 1. The Hall–Kier alpha value is -0.900. The third kappa shape index (κ3) is 4.86. The standard InChI is InChI=1S/C14H21NO2/c1-2-5-13(6-3-1)7-4-8-15-11-14-12-16-9-10-17-14/h1-3,5-6,14-15H,4,7-12H2. The summed E-state index contributed by atoms with van der Waals surface area (Å²) < 4.78 is 10.9. The first kappa shape index (κ1) is 12.6.